The van der Waals surface area contributed by atoms with E-state index in [0.717, 1.165) is 19.1 Å². The fourth-order valence-electron chi connectivity index (χ4n) is 3.53. The van der Waals surface area contributed by atoms with Crippen LogP contribution in [0.2, 0.25) is 0 Å². The zero-order chi connectivity index (χ0) is 14.8. The molecule has 1 N–H and O–H groups in total. The Balaban J connectivity index is 1.77. The van der Waals surface area contributed by atoms with Crippen LogP contribution in [0.4, 0.5) is 5.69 Å². The van der Waals surface area contributed by atoms with E-state index in [0.29, 0.717) is 6.04 Å². The molecule has 0 saturated carbocycles. The molecule has 1 unspecified atom stereocenters. The minimum Gasteiger partial charge on any atom is -0.368 e. The Bertz CT molecular complexity index is 489. The molecule has 0 spiro atoms. The van der Waals surface area contributed by atoms with Gasteiger partial charge in [-0.25, -0.2) is 0 Å². The molecule has 3 rings (SSSR count). The van der Waals surface area contributed by atoms with Crippen molar-refractivity contribution < 1.29 is 0 Å². The van der Waals surface area contributed by atoms with E-state index in [4.69, 9.17) is 0 Å². The number of hydrogen-bond acceptors (Lipinski definition) is 3. The van der Waals surface area contributed by atoms with Gasteiger partial charge in [0.15, 0.2) is 0 Å². The van der Waals surface area contributed by atoms with E-state index in [-0.39, 0.29) is 0 Å². The summed E-state index contributed by atoms with van der Waals surface area (Å²) in [6, 6.07) is 8.02. The van der Waals surface area contributed by atoms with Crippen LogP contribution in [-0.2, 0) is 6.54 Å². The number of piperazine rings is 1. The van der Waals surface area contributed by atoms with Gasteiger partial charge < -0.3 is 10.2 Å². The van der Waals surface area contributed by atoms with Gasteiger partial charge in [-0.1, -0.05) is 29.8 Å². The van der Waals surface area contributed by atoms with E-state index in [2.05, 4.69) is 63.1 Å². The van der Waals surface area contributed by atoms with Gasteiger partial charge in [0.05, 0.1) is 0 Å². The van der Waals surface area contributed by atoms with Gasteiger partial charge in [-0.3, -0.25) is 4.90 Å². The van der Waals surface area contributed by atoms with E-state index >= 15 is 0 Å². The zero-order valence-corrected chi connectivity index (χ0v) is 14.7. The maximum absolute atomic E-state index is 3.62. The Kier molecular flexibility index (Phi) is 4.87. The largest absolute Gasteiger partial charge is 0.368 e. The summed E-state index contributed by atoms with van der Waals surface area (Å²) in [6.45, 7) is 10.2. The predicted octanol–water partition coefficient (Wildman–Crippen LogP) is 3.23. The fraction of sp³-hybridized carbons (Fsp3) is 0.647. The summed E-state index contributed by atoms with van der Waals surface area (Å²) in [7, 11) is 0. The first kappa shape index (κ1) is 15.3. The average Bonchev–Trinajstić information content (AvgIpc) is 2.92. The third-order valence-corrected chi connectivity index (χ3v) is 5.16. The highest BCUT2D eigenvalue weighted by molar-refractivity contribution is 9.10. The molecule has 2 heterocycles. The lowest BCUT2D eigenvalue weighted by Crippen LogP contribution is -2.50. The Morgan fingerprint density at radius 2 is 2.14 bits per heavy atom. The van der Waals surface area contributed by atoms with Crippen LogP contribution in [-0.4, -0.2) is 43.2 Å². The van der Waals surface area contributed by atoms with Crippen molar-refractivity contribution in [2.75, 3.05) is 31.1 Å². The van der Waals surface area contributed by atoms with Crippen LogP contribution in [0.3, 0.4) is 0 Å². The Morgan fingerprint density at radius 3 is 2.95 bits per heavy atom. The Labute approximate surface area is 136 Å². The van der Waals surface area contributed by atoms with Crippen LogP contribution < -0.4 is 10.2 Å². The first-order chi connectivity index (χ1) is 10.1. The number of nitrogens with zero attached hydrogens (tertiary/aromatic N) is 2. The molecule has 0 aliphatic carbocycles. The van der Waals surface area contributed by atoms with Crippen molar-refractivity contribution in [3.05, 3.63) is 28.2 Å². The van der Waals surface area contributed by atoms with E-state index in [1.807, 2.05) is 0 Å². The molecule has 1 aromatic carbocycles. The minimum atomic E-state index is 0.517. The molecule has 1 atom stereocenters. The fourth-order valence-corrected chi connectivity index (χ4v) is 3.94. The molecule has 0 bridgehead atoms. The molecule has 4 heteroatoms. The lowest BCUT2D eigenvalue weighted by Gasteiger charge is -2.39. The molecule has 116 valence electrons. The topological polar surface area (TPSA) is 18.5 Å². The van der Waals surface area contributed by atoms with E-state index in [9.17, 15) is 0 Å². The van der Waals surface area contributed by atoms with Crippen molar-refractivity contribution in [2.45, 2.75) is 45.3 Å². The number of halogens is 1. The molecule has 21 heavy (non-hydrogen) atoms. The first-order valence-electron chi connectivity index (χ1n) is 8.14. The lowest BCUT2D eigenvalue weighted by atomic mass is 10.1. The number of benzene rings is 1. The van der Waals surface area contributed by atoms with Gasteiger partial charge >= 0.3 is 0 Å². The summed E-state index contributed by atoms with van der Waals surface area (Å²) in [5.74, 6) is 0. The quantitative estimate of drug-likeness (QED) is 0.898. The Morgan fingerprint density at radius 1 is 1.29 bits per heavy atom. The van der Waals surface area contributed by atoms with Crippen LogP contribution in [0.25, 0.3) is 0 Å². The summed E-state index contributed by atoms with van der Waals surface area (Å²) in [5.41, 5.74) is 2.82. The SMILES string of the molecule is CC(C)NCc1cc(Br)ccc1N1CCN2CCCC2C1. The predicted molar refractivity (Wildman–Crippen MR) is 92.9 cm³/mol. The van der Waals surface area contributed by atoms with Crippen molar-refractivity contribution in [3.63, 3.8) is 0 Å². The number of nitrogens with one attached hydrogen (secondary N) is 1. The molecule has 2 fully saturated rings. The second-order valence-electron chi connectivity index (χ2n) is 6.59. The molecule has 1 aromatic rings. The monoisotopic (exact) mass is 351 g/mol. The van der Waals surface area contributed by atoms with Gasteiger partial charge in [-0.2, -0.15) is 0 Å². The molecule has 2 aliphatic rings. The van der Waals surface area contributed by atoms with E-state index in [1.54, 1.807) is 0 Å². The maximum Gasteiger partial charge on any atom is 0.0413 e. The molecular formula is C17H26BrN3. The maximum atomic E-state index is 3.62. The van der Waals surface area contributed by atoms with Gasteiger partial charge in [0, 0.05) is 48.4 Å². The smallest absolute Gasteiger partial charge is 0.0413 e. The summed E-state index contributed by atoms with van der Waals surface area (Å²) in [5, 5.41) is 3.56. The molecule has 0 radical (unpaired) electrons. The number of rotatable bonds is 4. The number of hydrogen-bond donors (Lipinski definition) is 1. The van der Waals surface area contributed by atoms with Gasteiger partial charge in [-0.15, -0.1) is 0 Å². The molecule has 0 amide bonds. The van der Waals surface area contributed by atoms with Crippen molar-refractivity contribution in [2.24, 2.45) is 0 Å². The van der Waals surface area contributed by atoms with Gasteiger partial charge in [0.25, 0.3) is 0 Å². The highest BCUT2D eigenvalue weighted by Gasteiger charge is 2.31. The third-order valence-electron chi connectivity index (χ3n) is 4.67. The first-order valence-corrected chi connectivity index (χ1v) is 8.93. The average molecular weight is 352 g/mol. The Hall–Kier alpha value is -0.580. The molecule has 2 saturated heterocycles. The normalized spacial score (nSPS) is 22.9. The van der Waals surface area contributed by atoms with E-state index < -0.39 is 0 Å². The van der Waals surface area contributed by atoms with Crippen LogP contribution in [0.5, 0.6) is 0 Å². The molecular weight excluding hydrogens is 326 g/mol. The summed E-state index contributed by atoms with van der Waals surface area (Å²) in [4.78, 5) is 5.26. The van der Waals surface area contributed by atoms with E-state index in [1.165, 1.54) is 48.2 Å². The molecule has 2 aliphatic heterocycles. The minimum absolute atomic E-state index is 0.517. The van der Waals surface area contributed by atoms with Gasteiger partial charge in [-0.05, 0) is 43.1 Å². The van der Waals surface area contributed by atoms with Crippen LogP contribution in [0, 0.1) is 0 Å². The van der Waals surface area contributed by atoms with Crippen LogP contribution >= 0.6 is 15.9 Å². The zero-order valence-electron chi connectivity index (χ0n) is 13.1. The van der Waals surface area contributed by atoms with Crippen LogP contribution in [0.15, 0.2) is 22.7 Å². The van der Waals surface area contributed by atoms with Gasteiger partial charge in [0.2, 0.25) is 0 Å². The van der Waals surface area contributed by atoms with Gasteiger partial charge in [0.1, 0.15) is 0 Å². The van der Waals surface area contributed by atoms with Crippen molar-refractivity contribution >= 4 is 21.6 Å². The lowest BCUT2D eigenvalue weighted by molar-refractivity contribution is 0.231. The van der Waals surface area contributed by atoms with Crippen molar-refractivity contribution in [1.82, 2.24) is 10.2 Å². The molecule has 3 nitrogen and oxygen atoms in total. The number of fused-ring (bicyclic) bond motifs is 1. The summed E-state index contributed by atoms with van der Waals surface area (Å²) < 4.78 is 1.17. The van der Waals surface area contributed by atoms with Crippen molar-refractivity contribution in [3.8, 4) is 0 Å². The highest BCUT2D eigenvalue weighted by Crippen LogP contribution is 2.29. The summed E-state index contributed by atoms with van der Waals surface area (Å²) in [6.07, 6.45) is 2.74. The number of anilines is 1. The summed E-state index contributed by atoms with van der Waals surface area (Å²) >= 11 is 3.62. The highest BCUT2D eigenvalue weighted by atomic mass is 79.9. The second kappa shape index (κ2) is 6.67. The van der Waals surface area contributed by atoms with Crippen molar-refractivity contribution in [1.29, 1.82) is 0 Å². The third kappa shape index (κ3) is 3.61. The molecule has 0 aromatic heterocycles. The van der Waals surface area contributed by atoms with Crippen LogP contribution in [0.1, 0.15) is 32.3 Å². The second-order valence-corrected chi connectivity index (χ2v) is 7.50. The standard InChI is InChI=1S/C17H26BrN3/c1-13(2)19-11-14-10-15(18)5-6-17(14)21-9-8-20-7-3-4-16(20)12-21/h5-6,10,13,16,19H,3-4,7-9,11-12H2,1-2H3.